The van der Waals surface area contributed by atoms with Crippen molar-refractivity contribution >= 4 is 35.1 Å². The second-order valence-electron chi connectivity index (χ2n) is 3.52. The first kappa shape index (κ1) is 13.8. The summed E-state index contributed by atoms with van der Waals surface area (Å²) in [6.07, 6.45) is -0.822. The van der Waals surface area contributed by atoms with Gasteiger partial charge in [-0.15, -0.1) is 0 Å². The second-order valence-corrected chi connectivity index (χ2v) is 4.34. The first-order chi connectivity index (χ1) is 7.90. The van der Waals surface area contributed by atoms with Crippen molar-refractivity contribution < 1.29 is 19.8 Å². The van der Waals surface area contributed by atoms with E-state index in [9.17, 15) is 19.8 Å². The molecule has 92 valence electrons. The van der Waals surface area contributed by atoms with Gasteiger partial charge in [0.1, 0.15) is 0 Å². The molecule has 0 heterocycles. The average Bonchev–Trinajstić information content (AvgIpc) is 2.19. The highest BCUT2D eigenvalue weighted by Crippen LogP contribution is 2.29. The zero-order valence-corrected chi connectivity index (χ0v) is 10.1. The third-order valence-corrected chi connectivity index (χ3v) is 2.98. The Morgan fingerprint density at radius 3 is 2.00 bits per heavy atom. The monoisotopic (exact) mass is 274 g/mol. The zero-order chi connectivity index (χ0) is 13.0. The van der Waals surface area contributed by atoms with Gasteiger partial charge in [-0.05, 0) is 36.5 Å². The van der Waals surface area contributed by atoms with Crippen LogP contribution < -0.4 is 10.2 Å². The Hall–Kier alpha value is -1.26. The lowest BCUT2D eigenvalue weighted by atomic mass is 9.92. The normalized spacial score (nSPS) is 10.5. The Bertz CT molecular complexity index is 429. The minimum Gasteiger partial charge on any atom is -0.550 e. The minimum atomic E-state index is -1.33. The van der Waals surface area contributed by atoms with E-state index < -0.39 is 30.7 Å². The standard InChI is InChI=1S/C11H10Cl2O4/c12-8-2-1-6(3-9(8)13)7(4-10(14)15)5-11(16)17/h1-3,7H,4-5H2,(H,14,15)(H,16,17)/p-2. The lowest BCUT2D eigenvalue weighted by Crippen LogP contribution is -2.29. The van der Waals surface area contributed by atoms with Gasteiger partial charge in [-0.2, -0.15) is 0 Å². The number of carbonyl (C=O) groups is 2. The lowest BCUT2D eigenvalue weighted by Gasteiger charge is -2.19. The van der Waals surface area contributed by atoms with E-state index >= 15 is 0 Å². The highest BCUT2D eigenvalue weighted by molar-refractivity contribution is 6.42. The molecule has 0 saturated heterocycles. The van der Waals surface area contributed by atoms with Crippen molar-refractivity contribution in [2.75, 3.05) is 0 Å². The van der Waals surface area contributed by atoms with Crippen LogP contribution in [0.3, 0.4) is 0 Å². The molecule has 0 aliphatic heterocycles. The predicted molar refractivity (Wildman–Crippen MR) is 58.5 cm³/mol. The van der Waals surface area contributed by atoms with Crippen molar-refractivity contribution in [3.05, 3.63) is 33.8 Å². The van der Waals surface area contributed by atoms with Gasteiger partial charge in [0, 0.05) is 11.9 Å². The summed E-state index contributed by atoms with van der Waals surface area (Å²) in [6.45, 7) is 0. The van der Waals surface area contributed by atoms with Crippen molar-refractivity contribution in [2.45, 2.75) is 18.8 Å². The molecule has 4 nitrogen and oxygen atoms in total. The zero-order valence-electron chi connectivity index (χ0n) is 8.61. The third kappa shape index (κ3) is 4.24. The fourth-order valence-electron chi connectivity index (χ4n) is 1.48. The number of carboxylic acid groups (broad SMARTS) is 2. The third-order valence-electron chi connectivity index (χ3n) is 2.24. The molecule has 0 N–H and O–H groups in total. The van der Waals surface area contributed by atoms with E-state index in [4.69, 9.17) is 23.2 Å². The van der Waals surface area contributed by atoms with Crippen molar-refractivity contribution in [1.29, 1.82) is 0 Å². The van der Waals surface area contributed by atoms with E-state index in [0.717, 1.165) is 0 Å². The summed E-state index contributed by atoms with van der Waals surface area (Å²) in [5, 5.41) is 21.6. The molecule has 0 spiro atoms. The summed E-state index contributed by atoms with van der Waals surface area (Å²) in [7, 11) is 0. The predicted octanol–water partition coefficient (Wildman–Crippen LogP) is 0.357. The van der Waals surface area contributed by atoms with Crippen LogP contribution >= 0.6 is 23.2 Å². The average molecular weight is 275 g/mol. The van der Waals surface area contributed by atoms with Crippen LogP contribution in [0.25, 0.3) is 0 Å². The maximum Gasteiger partial charge on any atom is 0.0595 e. The van der Waals surface area contributed by atoms with E-state index in [1.807, 2.05) is 0 Å². The largest absolute Gasteiger partial charge is 0.550 e. The second kappa shape index (κ2) is 5.89. The van der Waals surface area contributed by atoms with Gasteiger partial charge in [0.05, 0.1) is 10.0 Å². The summed E-state index contributed by atoms with van der Waals surface area (Å²) in [6, 6.07) is 4.46. The van der Waals surface area contributed by atoms with Gasteiger partial charge in [-0.1, -0.05) is 29.3 Å². The quantitative estimate of drug-likeness (QED) is 0.776. The Kier molecular flexibility index (Phi) is 4.78. The Morgan fingerprint density at radius 2 is 1.59 bits per heavy atom. The number of rotatable bonds is 5. The van der Waals surface area contributed by atoms with Crippen LogP contribution in [0.5, 0.6) is 0 Å². The van der Waals surface area contributed by atoms with Gasteiger partial charge in [0.2, 0.25) is 0 Å². The van der Waals surface area contributed by atoms with E-state index in [2.05, 4.69) is 0 Å². The van der Waals surface area contributed by atoms with Crippen LogP contribution in [0.2, 0.25) is 10.0 Å². The first-order valence-corrected chi connectivity index (χ1v) is 5.50. The van der Waals surface area contributed by atoms with Crippen LogP contribution in [0.15, 0.2) is 18.2 Å². The number of benzene rings is 1. The fourth-order valence-corrected chi connectivity index (χ4v) is 1.78. The molecule has 0 atom stereocenters. The molecular formula is C11H8Cl2O4-2. The number of hydrogen-bond acceptors (Lipinski definition) is 4. The summed E-state index contributed by atoms with van der Waals surface area (Å²) in [5.74, 6) is -3.40. The molecule has 0 unspecified atom stereocenters. The molecule has 17 heavy (non-hydrogen) atoms. The molecule has 1 aromatic rings. The van der Waals surface area contributed by atoms with E-state index in [0.29, 0.717) is 10.6 Å². The fraction of sp³-hybridized carbons (Fsp3) is 0.273. The molecule has 0 amide bonds. The first-order valence-electron chi connectivity index (χ1n) is 4.74. The smallest absolute Gasteiger partial charge is 0.0595 e. The molecule has 0 radical (unpaired) electrons. The van der Waals surface area contributed by atoms with Gasteiger partial charge < -0.3 is 19.8 Å². The summed E-state index contributed by atoms with van der Waals surface area (Å²) >= 11 is 11.5. The molecule has 0 aliphatic carbocycles. The number of carboxylic acids is 2. The maximum atomic E-state index is 10.5. The topological polar surface area (TPSA) is 80.3 Å². The van der Waals surface area contributed by atoms with Gasteiger partial charge in [-0.3, -0.25) is 0 Å². The number of halogens is 2. The van der Waals surface area contributed by atoms with Crippen LogP contribution in [-0.4, -0.2) is 11.9 Å². The highest BCUT2D eigenvalue weighted by atomic mass is 35.5. The van der Waals surface area contributed by atoms with Crippen LogP contribution in [-0.2, 0) is 9.59 Å². The summed E-state index contributed by atoms with van der Waals surface area (Å²) < 4.78 is 0. The van der Waals surface area contributed by atoms with Gasteiger partial charge in [0.15, 0.2) is 0 Å². The van der Waals surface area contributed by atoms with Crippen LogP contribution in [0.1, 0.15) is 24.3 Å². The number of hydrogen-bond donors (Lipinski definition) is 0. The molecule has 1 rings (SSSR count). The van der Waals surface area contributed by atoms with Crippen LogP contribution in [0.4, 0.5) is 0 Å². The van der Waals surface area contributed by atoms with Gasteiger partial charge in [0.25, 0.3) is 0 Å². The highest BCUT2D eigenvalue weighted by Gasteiger charge is 2.13. The van der Waals surface area contributed by atoms with Crippen molar-refractivity contribution in [1.82, 2.24) is 0 Å². The van der Waals surface area contributed by atoms with E-state index in [1.54, 1.807) is 0 Å². The SMILES string of the molecule is O=C([O-])CC(CC(=O)[O-])c1ccc(Cl)c(Cl)c1. The molecule has 0 fully saturated rings. The van der Waals surface area contributed by atoms with Crippen LogP contribution in [0, 0.1) is 0 Å². The number of carbonyl (C=O) groups excluding carboxylic acids is 2. The maximum absolute atomic E-state index is 10.5. The summed E-state index contributed by atoms with van der Waals surface area (Å²) in [5.41, 5.74) is 0.479. The lowest BCUT2D eigenvalue weighted by molar-refractivity contribution is -0.308. The van der Waals surface area contributed by atoms with Gasteiger partial charge >= 0.3 is 0 Å². The minimum absolute atomic E-state index is 0.242. The van der Waals surface area contributed by atoms with Crippen molar-refractivity contribution in [3.8, 4) is 0 Å². The van der Waals surface area contributed by atoms with E-state index in [1.165, 1.54) is 18.2 Å². The molecule has 6 heteroatoms. The Balaban J connectivity index is 2.98. The molecule has 0 saturated carbocycles. The molecule has 1 aromatic carbocycles. The number of aliphatic carboxylic acids is 2. The van der Waals surface area contributed by atoms with Gasteiger partial charge in [-0.25, -0.2) is 0 Å². The summed E-state index contributed by atoms with van der Waals surface area (Å²) in [4.78, 5) is 21.1. The van der Waals surface area contributed by atoms with E-state index in [-0.39, 0.29) is 5.02 Å². The van der Waals surface area contributed by atoms with Crippen molar-refractivity contribution in [3.63, 3.8) is 0 Å². The van der Waals surface area contributed by atoms with Crippen molar-refractivity contribution in [2.24, 2.45) is 0 Å². The molecule has 0 aromatic heterocycles. The Morgan fingerprint density at radius 1 is 1.06 bits per heavy atom. The molecule has 0 bridgehead atoms. The molecular weight excluding hydrogens is 267 g/mol. The molecule has 0 aliphatic rings. The Labute approximate surface area is 108 Å².